The number of nitrogens with one attached hydrogen (secondary N) is 1. The number of hydrogen-bond donors (Lipinski definition) is 2. The molecular weight excluding hydrogens is 261 g/mol. The van der Waals surface area contributed by atoms with Crippen LogP contribution >= 0.6 is 24.0 Å². The number of carboxylic acids is 1. The summed E-state index contributed by atoms with van der Waals surface area (Å²) in [6.07, 6.45) is 2.07. The van der Waals surface area contributed by atoms with Gasteiger partial charge in [-0.15, -0.1) is 12.4 Å². The Labute approximate surface area is 112 Å². The standard InChI is InChI=1S/C12H14ClNO2.ClH/c13-10-4-1-3-9(7-10)8-12(11(15)16)5-2-6-14-12;/h1,3-4,7,14H,2,5-6,8H2,(H,15,16);1H/t12-;/m0./s1. The van der Waals surface area contributed by atoms with E-state index in [2.05, 4.69) is 5.32 Å². The van der Waals surface area contributed by atoms with Gasteiger partial charge in [-0.25, -0.2) is 0 Å². The molecule has 1 aliphatic rings. The molecule has 0 aromatic heterocycles. The summed E-state index contributed by atoms with van der Waals surface area (Å²) < 4.78 is 0. The maximum atomic E-state index is 11.3. The van der Waals surface area contributed by atoms with E-state index in [0.717, 1.165) is 18.5 Å². The number of aliphatic carboxylic acids is 1. The van der Waals surface area contributed by atoms with Gasteiger partial charge in [0.05, 0.1) is 0 Å². The van der Waals surface area contributed by atoms with E-state index in [0.29, 0.717) is 17.9 Å². The maximum absolute atomic E-state index is 11.3. The molecule has 0 bridgehead atoms. The topological polar surface area (TPSA) is 49.3 Å². The van der Waals surface area contributed by atoms with Crippen molar-refractivity contribution in [1.82, 2.24) is 5.32 Å². The van der Waals surface area contributed by atoms with Crippen molar-refractivity contribution in [2.75, 3.05) is 6.54 Å². The minimum atomic E-state index is -0.801. The molecule has 94 valence electrons. The molecule has 3 nitrogen and oxygen atoms in total. The van der Waals surface area contributed by atoms with E-state index in [4.69, 9.17) is 11.6 Å². The van der Waals surface area contributed by atoms with Crippen molar-refractivity contribution in [3.63, 3.8) is 0 Å². The van der Waals surface area contributed by atoms with Crippen molar-refractivity contribution in [2.45, 2.75) is 24.8 Å². The van der Waals surface area contributed by atoms with E-state index < -0.39 is 11.5 Å². The van der Waals surface area contributed by atoms with Crippen molar-refractivity contribution in [3.05, 3.63) is 34.9 Å². The largest absolute Gasteiger partial charge is 0.480 e. The van der Waals surface area contributed by atoms with E-state index in [1.807, 2.05) is 18.2 Å². The Morgan fingerprint density at radius 1 is 1.53 bits per heavy atom. The van der Waals surface area contributed by atoms with Crippen molar-refractivity contribution in [1.29, 1.82) is 0 Å². The first-order valence-corrected chi connectivity index (χ1v) is 5.73. The zero-order valence-corrected chi connectivity index (χ0v) is 10.9. The van der Waals surface area contributed by atoms with Crippen LogP contribution in [0.25, 0.3) is 0 Å². The van der Waals surface area contributed by atoms with E-state index >= 15 is 0 Å². The monoisotopic (exact) mass is 275 g/mol. The molecule has 0 spiro atoms. The summed E-state index contributed by atoms with van der Waals surface area (Å²) in [7, 11) is 0. The molecule has 0 unspecified atom stereocenters. The highest BCUT2D eigenvalue weighted by Crippen LogP contribution is 2.25. The molecule has 1 aliphatic heterocycles. The Morgan fingerprint density at radius 2 is 2.29 bits per heavy atom. The molecular formula is C12H15Cl2NO2. The zero-order valence-electron chi connectivity index (χ0n) is 9.28. The zero-order chi connectivity index (χ0) is 11.6. The molecule has 2 rings (SSSR count). The van der Waals surface area contributed by atoms with Crippen molar-refractivity contribution >= 4 is 30.0 Å². The maximum Gasteiger partial charge on any atom is 0.324 e. The third-order valence-electron chi connectivity index (χ3n) is 3.05. The van der Waals surface area contributed by atoms with Crippen molar-refractivity contribution in [3.8, 4) is 0 Å². The minimum Gasteiger partial charge on any atom is -0.480 e. The van der Waals surface area contributed by atoms with Gasteiger partial charge in [0, 0.05) is 11.4 Å². The van der Waals surface area contributed by atoms with Crippen LogP contribution in [0.1, 0.15) is 18.4 Å². The average molecular weight is 276 g/mol. The van der Waals surface area contributed by atoms with Crippen LogP contribution in [-0.4, -0.2) is 23.2 Å². The lowest BCUT2D eigenvalue weighted by molar-refractivity contribution is -0.144. The molecule has 0 saturated carbocycles. The highest BCUT2D eigenvalue weighted by molar-refractivity contribution is 6.30. The molecule has 0 radical (unpaired) electrons. The normalized spacial score (nSPS) is 23.1. The third kappa shape index (κ3) is 3.12. The summed E-state index contributed by atoms with van der Waals surface area (Å²) in [6.45, 7) is 0.771. The lowest BCUT2D eigenvalue weighted by Gasteiger charge is -2.24. The van der Waals surface area contributed by atoms with E-state index in [1.54, 1.807) is 6.07 Å². The summed E-state index contributed by atoms with van der Waals surface area (Å²) in [6, 6.07) is 7.38. The van der Waals surface area contributed by atoms with Crippen molar-refractivity contribution in [2.24, 2.45) is 0 Å². The van der Waals surface area contributed by atoms with Gasteiger partial charge in [-0.2, -0.15) is 0 Å². The number of carboxylic acid groups (broad SMARTS) is 1. The Bertz CT molecular complexity index is 403. The fourth-order valence-corrected chi connectivity index (χ4v) is 2.42. The van der Waals surface area contributed by atoms with Crippen LogP contribution in [0.4, 0.5) is 0 Å². The predicted octanol–water partition coefficient (Wildman–Crippen LogP) is 2.51. The van der Waals surface area contributed by atoms with Crippen LogP contribution in [0.5, 0.6) is 0 Å². The summed E-state index contributed by atoms with van der Waals surface area (Å²) in [5, 5.41) is 13.0. The number of rotatable bonds is 3. The second-order valence-corrected chi connectivity index (χ2v) is 4.66. The Balaban J connectivity index is 0.00000144. The van der Waals surface area contributed by atoms with Crippen LogP contribution in [0.15, 0.2) is 24.3 Å². The van der Waals surface area contributed by atoms with Gasteiger partial charge in [-0.05, 0) is 37.1 Å². The molecule has 5 heteroatoms. The predicted molar refractivity (Wildman–Crippen MR) is 70.0 cm³/mol. The smallest absolute Gasteiger partial charge is 0.324 e. The number of halogens is 2. The molecule has 2 N–H and O–H groups in total. The SMILES string of the molecule is Cl.O=C(O)[C@@]1(Cc2cccc(Cl)c2)CCCN1. The number of benzene rings is 1. The fraction of sp³-hybridized carbons (Fsp3) is 0.417. The van der Waals surface area contributed by atoms with Crippen LogP contribution < -0.4 is 5.32 Å². The highest BCUT2D eigenvalue weighted by atomic mass is 35.5. The van der Waals surface area contributed by atoms with Gasteiger partial charge < -0.3 is 10.4 Å². The number of hydrogen-bond acceptors (Lipinski definition) is 2. The summed E-state index contributed by atoms with van der Waals surface area (Å²) in [4.78, 5) is 11.3. The first kappa shape index (κ1) is 14.3. The quantitative estimate of drug-likeness (QED) is 0.891. The third-order valence-corrected chi connectivity index (χ3v) is 3.28. The van der Waals surface area contributed by atoms with Gasteiger partial charge in [0.2, 0.25) is 0 Å². The first-order chi connectivity index (χ1) is 7.62. The van der Waals surface area contributed by atoms with E-state index in [1.165, 1.54) is 0 Å². The average Bonchev–Trinajstić information content (AvgIpc) is 2.67. The van der Waals surface area contributed by atoms with Crippen LogP contribution in [-0.2, 0) is 11.2 Å². The lowest BCUT2D eigenvalue weighted by Crippen LogP contribution is -2.49. The van der Waals surface area contributed by atoms with Gasteiger partial charge >= 0.3 is 5.97 Å². The van der Waals surface area contributed by atoms with Gasteiger partial charge in [-0.1, -0.05) is 23.7 Å². The van der Waals surface area contributed by atoms with Crippen LogP contribution in [0.2, 0.25) is 5.02 Å². The van der Waals surface area contributed by atoms with Crippen LogP contribution in [0, 0.1) is 0 Å². The summed E-state index contributed by atoms with van der Waals surface area (Å²) >= 11 is 5.89. The van der Waals surface area contributed by atoms with Gasteiger partial charge in [-0.3, -0.25) is 4.79 Å². The highest BCUT2D eigenvalue weighted by Gasteiger charge is 2.40. The van der Waals surface area contributed by atoms with E-state index in [-0.39, 0.29) is 12.4 Å². The molecule has 1 saturated heterocycles. The lowest BCUT2D eigenvalue weighted by atomic mass is 9.89. The fourth-order valence-electron chi connectivity index (χ4n) is 2.21. The molecule has 0 aliphatic carbocycles. The molecule has 1 heterocycles. The first-order valence-electron chi connectivity index (χ1n) is 5.35. The minimum absolute atomic E-state index is 0. The van der Waals surface area contributed by atoms with Gasteiger partial charge in [0.1, 0.15) is 5.54 Å². The van der Waals surface area contributed by atoms with Crippen molar-refractivity contribution < 1.29 is 9.90 Å². The Morgan fingerprint density at radius 3 is 2.82 bits per heavy atom. The summed E-state index contributed by atoms with van der Waals surface area (Å²) in [5.41, 5.74) is 0.161. The molecule has 1 aromatic rings. The van der Waals surface area contributed by atoms with Gasteiger partial charge in [0.15, 0.2) is 0 Å². The molecule has 1 fully saturated rings. The Hall–Kier alpha value is -0.770. The molecule has 0 amide bonds. The Kier molecular flexibility index (Phi) is 4.80. The molecule has 1 atom stereocenters. The number of carbonyl (C=O) groups is 1. The summed E-state index contributed by atoms with van der Waals surface area (Å²) in [5.74, 6) is -0.773. The second-order valence-electron chi connectivity index (χ2n) is 4.22. The second kappa shape index (κ2) is 5.71. The molecule has 17 heavy (non-hydrogen) atoms. The van der Waals surface area contributed by atoms with Gasteiger partial charge in [0.25, 0.3) is 0 Å². The molecule has 1 aromatic carbocycles. The van der Waals surface area contributed by atoms with E-state index in [9.17, 15) is 9.90 Å². The van der Waals surface area contributed by atoms with Crippen LogP contribution in [0.3, 0.4) is 0 Å².